The Hall–Kier alpha value is -2.53. The maximum absolute atomic E-state index is 13.1. The average molecular weight is 355 g/mol. The molecule has 2 atom stereocenters. The second-order valence-electron chi connectivity index (χ2n) is 7.00. The minimum absolute atomic E-state index is 0.0000968. The standard InChI is InChI=1S/C21H23FN2O2/c1-14(21(26)23-19-9-5-17(6-10-19)15(2)25)24(20-11-12-20)13-16-3-7-18(22)8-4-16/h3-10,14,20H,11-13H2,1-2H3,(H,23,26)/p+1/t14-/m1/s1. The fourth-order valence-corrected chi connectivity index (χ4v) is 3.15. The number of anilines is 1. The van der Waals surface area contributed by atoms with E-state index >= 15 is 0 Å². The maximum atomic E-state index is 13.1. The predicted molar refractivity (Wildman–Crippen MR) is 98.6 cm³/mol. The Morgan fingerprint density at radius 2 is 1.73 bits per heavy atom. The molecular formula is C21H24FN2O2+. The van der Waals surface area contributed by atoms with E-state index in [1.165, 1.54) is 24.0 Å². The molecule has 0 radical (unpaired) electrons. The maximum Gasteiger partial charge on any atom is 0.282 e. The molecule has 26 heavy (non-hydrogen) atoms. The first-order valence-corrected chi connectivity index (χ1v) is 8.96. The van der Waals surface area contributed by atoms with Crippen molar-refractivity contribution in [2.45, 2.75) is 45.3 Å². The molecule has 3 rings (SSSR count). The van der Waals surface area contributed by atoms with Crippen molar-refractivity contribution in [1.29, 1.82) is 0 Å². The van der Waals surface area contributed by atoms with Gasteiger partial charge in [-0.3, -0.25) is 9.59 Å². The molecule has 0 bridgehead atoms. The molecule has 0 aromatic heterocycles. The normalized spacial score (nSPS) is 16.0. The van der Waals surface area contributed by atoms with Crippen LogP contribution in [-0.4, -0.2) is 23.8 Å². The number of quaternary nitrogens is 1. The van der Waals surface area contributed by atoms with Crippen LogP contribution in [0.5, 0.6) is 0 Å². The number of ketones is 1. The van der Waals surface area contributed by atoms with Crippen molar-refractivity contribution in [3.8, 4) is 0 Å². The van der Waals surface area contributed by atoms with Gasteiger partial charge in [0.1, 0.15) is 12.4 Å². The van der Waals surface area contributed by atoms with Crippen LogP contribution in [0.2, 0.25) is 0 Å². The van der Waals surface area contributed by atoms with Gasteiger partial charge in [0.15, 0.2) is 11.8 Å². The number of amides is 1. The third-order valence-corrected chi connectivity index (χ3v) is 4.93. The topological polar surface area (TPSA) is 50.6 Å². The first-order valence-electron chi connectivity index (χ1n) is 8.96. The Morgan fingerprint density at radius 1 is 1.12 bits per heavy atom. The van der Waals surface area contributed by atoms with E-state index in [1.807, 2.05) is 6.92 Å². The predicted octanol–water partition coefficient (Wildman–Crippen LogP) is 2.60. The van der Waals surface area contributed by atoms with E-state index < -0.39 is 0 Å². The molecule has 1 amide bonds. The molecule has 1 aliphatic rings. The summed E-state index contributed by atoms with van der Waals surface area (Å²) in [6, 6.07) is 13.7. The minimum Gasteiger partial charge on any atom is -0.321 e. The molecule has 2 aromatic rings. The molecule has 0 saturated heterocycles. The zero-order valence-electron chi connectivity index (χ0n) is 15.1. The molecular weight excluding hydrogens is 331 g/mol. The van der Waals surface area contributed by atoms with Crippen molar-refractivity contribution < 1.29 is 18.9 Å². The number of halogens is 1. The van der Waals surface area contributed by atoms with Crippen LogP contribution in [0.1, 0.15) is 42.6 Å². The van der Waals surface area contributed by atoms with E-state index in [0.717, 1.165) is 18.4 Å². The number of carbonyl (C=O) groups is 2. The van der Waals surface area contributed by atoms with Gasteiger partial charge in [-0.05, 0) is 50.2 Å². The molecule has 0 heterocycles. The number of nitrogens with one attached hydrogen (secondary N) is 2. The monoisotopic (exact) mass is 355 g/mol. The van der Waals surface area contributed by atoms with Crippen LogP contribution in [0.3, 0.4) is 0 Å². The van der Waals surface area contributed by atoms with Crippen molar-refractivity contribution in [2.75, 3.05) is 5.32 Å². The van der Waals surface area contributed by atoms with Crippen molar-refractivity contribution in [3.63, 3.8) is 0 Å². The summed E-state index contributed by atoms with van der Waals surface area (Å²) in [6.45, 7) is 4.14. The second-order valence-corrected chi connectivity index (χ2v) is 7.00. The fourth-order valence-electron chi connectivity index (χ4n) is 3.15. The van der Waals surface area contributed by atoms with Crippen LogP contribution in [0.4, 0.5) is 10.1 Å². The third-order valence-electron chi connectivity index (χ3n) is 4.93. The zero-order chi connectivity index (χ0) is 18.7. The Balaban J connectivity index is 1.66. The van der Waals surface area contributed by atoms with E-state index in [1.54, 1.807) is 36.4 Å². The van der Waals surface area contributed by atoms with Gasteiger partial charge < -0.3 is 10.2 Å². The third kappa shape index (κ3) is 4.55. The van der Waals surface area contributed by atoms with Gasteiger partial charge in [0, 0.05) is 29.7 Å². The molecule has 1 fully saturated rings. The van der Waals surface area contributed by atoms with Gasteiger partial charge >= 0.3 is 0 Å². The van der Waals surface area contributed by atoms with Crippen LogP contribution in [0.25, 0.3) is 0 Å². The Labute approximate surface area is 153 Å². The van der Waals surface area contributed by atoms with E-state index in [-0.39, 0.29) is 23.5 Å². The molecule has 1 saturated carbocycles. The van der Waals surface area contributed by atoms with Gasteiger partial charge in [0.2, 0.25) is 0 Å². The van der Waals surface area contributed by atoms with Crippen LogP contribution in [0, 0.1) is 5.82 Å². The minimum atomic E-state index is -0.249. The SMILES string of the molecule is CC(=O)c1ccc(NC(=O)[C@@H](C)[NH+](Cc2ccc(F)cc2)C2CC2)cc1. The average Bonchev–Trinajstić information content (AvgIpc) is 3.46. The highest BCUT2D eigenvalue weighted by Crippen LogP contribution is 2.17. The Morgan fingerprint density at radius 3 is 2.27 bits per heavy atom. The highest BCUT2D eigenvalue weighted by Gasteiger charge is 2.39. The number of Topliss-reactive ketones (excluding diaryl/α,β-unsaturated/α-hetero) is 1. The molecule has 136 valence electrons. The fraction of sp³-hybridized carbons (Fsp3) is 0.333. The van der Waals surface area contributed by atoms with E-state index in [4.69, 9.17) is 0 Å². The van der Waals surface area contributed by atoms with E-state index in [2.05, 4.69) is 5.32 Å². The summed E-state index contributed by atoms with van der Waals surface area (Å²) in [5.41, 5.74) is 2.33. The molecule has 1 unspecified atom stereocenters. The van der Waals surface area contributed by atoms with Crippen LogP contribution >= 0.6 is 0 Å². The van der Waals surface area contributed by atoms with Crippen molar-refractivity contribution >= 4 is 17.4 Å². The lowest BCUT2D eigenvalue weighted by molar-refractivity contribution is -0.938. The smallest absolute Gasteiger partial charge is 0.282 e. The van der Waals surface area contributed by atoms with Gasteiger partial charge in [-0.2, -0.15) is 0 Å². The lowest BCUT2D eigenvalue weighted by Crippen LogP contribution is -3.16. The number of rotatable bonds is 7. The van der Waals surface area contributed by atoms with Crippen LogP contribution in [-0.2, 0) is 11.3 Å². The number of hydrogen-bond acceptors (Lipinski definition) is 2. The van der Waals surface area contributed by atoms with Gasteiger partial charge in [-0.25, -0.2) is 4.39 Å². The first-order chi connectivity index (χ1) is 12.4. The lowest BCUT2D eigenvalue weighted by atomic mass is 10.1. The molecule has 4 nitrogen and oxygen atoms in total. The van der Waals surface area contributed by atoms with Crippen LogP contribution in [0.15, 0.2) is 48.5 Å². The number of carbonyl (C=O) groups excluding carboxylic acids is 2. The summed E-state index contributed by atoms with van der Waals surface area (Å²) in [7, 11) is 0. The molecule has 1 aliphatic carbocycles. The summed E-state index contributed by atoms with van der Waals surface area (Å²) in [5.74, 6) is -0.300. The highest BCUT2D eigenvalue weighted by molar-refractivity contribution is 5.96. The summed E-state index contributed by atoms with van der Waals surface area (Å²) in [5, 5.41) is 2.93. The molecule has 5 heteroatoms. The molecule has 2 aromatic carbocycles. The van der Waals surface area contributed by atoms with E-state index in [0.29, 0.717) is 23.8 Å². The van der Waals surface area contributed by atoms with Crippen molar-refractivity contribution in [3.05, 3.63) is 65.5 Å². The highest BCUT2D eigenvalue weighted by atomic mass is 19.1. The largest absolute Gasteiger partial charge is 0.321 e. The first kappa shape index (κ1) is 18.3. The summed E-state index contributed by atoms with van der Waals surface area (Å²) in [6.07, 6.45) is 2.23. The lowest BCUT2D eigenvalue weighted by Gasteiger charge is -2.25. The van der Waals surface area contributed by atoms with Gasteiger partial charge in [-0.1, -0.05) is 12.1 Å². The molecule has 0 spiro atoms. The Bertz CT molecular complexity index is 783. The second kappa shape index (κ2) is 7.79. The summed E-state index contributed by atoms with van der Waals surface area (Å²) >= 11 is 0. The summed E-state index contributed by atoms with van der Waals surface area (Å²) in [4.78, 5) is 25.2. The van der Waals surface area contributed by atoms with Crippen molar-refractivity contribution in [2.24, 2.45) is 0 Å². The molecule has 0 aliphatic heterocycles. The quantitative estimate of drug-likeness (QED) is 0.750. The number of hydrogen-bond donors (Lipinski definition) is 2. The van der Waals surface area contributed by atoms with Crippen LogP contribution < -0.4 is 10.2 Å². The molecule has 2 N–H and O–H groups in total. The Kier molecular flexibility index (Phi) is 5.47. The zero-order valence-corrected chi connectivity index (χ0v) is 15.1. The summed E-state index contributed by atoms with van der Waals surface area (Å²) < 4.78 is 13.1. The number of benzene rings is 2. The van der Waals surface area contributed by atoms with Gasteiger partial charge in [0.05, 0.1) is 6.04 Å². The van der Waals surface area contributed by atoms with Gasteiger partial charge in [0.25, 0.3) is 5.91 Å². The van der Waals surface area contributed by atoms with Crippen molar-refractivity contribution in [1.82, 2.24) is 0 Å². The van der Waals surface area contributed by atoms with E-state index in [9.17, 15) is 14.0 Å². The van der Waals surface area contributed by atoms with Gasteiger partial charge in [-0.15, -0.1) is 0 Å².